The second kappa shape index (κ2) is 8.67. The molecule has 2 atom stereocenters. The first kappa shape index (κ1) is 23.9. The number of carbonyl (C=O) groups is 3. The standard InChI is InChI=1S/C26H18ClF3N2O4/c27-16-2-1-3-17(28)21(16)24(34)31-19(25(35)36)10-13-4-6-14(7-5-13)32-12-26(11-20(26)33)15-8-9-18(29)22(30)23(15)32/h1-9,19H,10-12H2,(H,31,34)(H,35,36)/t19-,26?/m0/s1. The van der Waals surface area contributed by atoms with Gasteiger partial charge >= 0.3 is 5.97 Å². The predicted molar refractivity (Wildman–Crippen MR) is 125 cm³/mol. The molecule has 0 saturated heterocycles. The SMILES string of the molecule is O=C(N[C@@H](Cc1ccc(N2CC3(CC3=O)c3ccc(F)c(F)c32)cc1)C(=O)O)c1c(F)cccc1Cl. The molecular weight excluding hydrogens is 497 g/mol. The molecule has 184 valence electrons. The van der Waals surface area contributed by atoms with Gasteiger partial charge in [0.25, 0.3) is 5.91 Å². The molecule has 1 saturated carbocycles. The van der Waals surface area contributed by atoms with Crippen molar-refractivity contribution in [3.63, 3.8) is 0 Å². The molecule has 2 aliphatic rings. The molecule has 1 aliphatic heterocycles. The van der Waals surface area contributed by atoms with Gasteiger partial charge in [-0.1, -0.05) is 35.9 Å². The van der Waals surface area contributed by atoms with E-state index in [1.807, 2.05) is 0 Å². The van der Waals surface area contributed by atoms with Crippen LogP contribution in [-0.2, 0) is 21.4 Å². The first-order valence-corrected chi connectivity index (χ1v) is 11.4. The normalized spacial score (nSPS) is 18.8. The number of halogens is 4. The maximum atomic E-state index is 14.7. The molecule has 1 spiro atoms. The minimum Gasteiger partial charge on any atom is -0.480 e. The fraction of sp³-hybridized carbons (Fsp3) is 0.192. The minimum atomic E-state index is -1.38. The van der Waals surface area contributed by atoms with Gasteiger partial charge in [-0.15, -0.1) is 0 Å². The molecule has 1 fully saturated rings. The Kier molecular flexibility index (Phi) is 5.75. The Labute approximate surface area is 208 Å². The fourth-order valence-electron chi connectivity index (χ4n) is 4.66. The molecule has 1 amide bonds. The van der Waals surface area contributed by atoms with Crippen LogP contribution in [0.4, 0.5) is 24.5 Å². The van der Waals surface area contributed by atoms with Crippen molar-refractivity contribution in [1.29, 1.82) is 0 Å². The lowest BCUT2D eigenvalue weighted by molar-refractivity contribution is -0.139. The largest absolute Gasteiger partial charge is 0.480 e. The van der Waals surface area contributed by atoms with Crippen LogP contribution in [0.25, 0.3) is 0 Å². The number of carboxylic acid groups (broad SMARTS) is 1. The van der Waals surface area contributed by atoms with Crippen molar-refractivity contribution in [2.24, 2.45) is 0 Å². The zero-order valence-corrected chi connectivity index (χ0v) is 19.3. The summed E-state index contributed by atoms with van der Waals surface area (Å²) in [4.78, 5) is 38.0. The number of anilines is 2. The summed E-state index contributed by atoms with van der Waals surface area (Å²) in [7, 11) is 0. The van der Waals surface area contributed by atoms with E-state index in [-0.39, 0.29) is 35.9 Å². The highest BCUT2D eigenvalue weighted by atomic mass is 35.5. The molecule has 5 rings (SSSR count). The Hall–Kier alpha value is -3.85. The van der Waals surface area contributed by atoms with Crippen molar-refractivity contribution in [1.82, 2.24) is 5.32 Å². The van der Waals surface area contributed by atoms with Crippen molar-refractivity contribution in [3.8, 4) is 0 Å². The van der Waals surface area contributed by atoms with Gasteiger partial charge < -0.3 is 15.3 Å². The lowest BCUT2D eigenvalue weighted by atomic mass is 9.98. The molecular formula is C26H18ClF3N2O4. The Morgan fingerprint density at radius 1 is 1.06 bits per heavy atom. The number of aliphatic carboxylic acids is 1. The zero-order valence-electron chi connectivity index (χ0n) is 18.5. The summed E-state index contributed by atoms with van der Waals surface area (Å²) in [6.07, 6.45) is 0.126. The molecule has 36 heavy (non-hydrogen) atoms. The van der Waals surface area contributed by atoms with Crippen molar-refractivity contribution in [2.45, 2.75) is 24.3 Å². The number of benzene rings is 3. The number of fused-ring (bicyclic) bond motifs is 2. The van der Waals surface area contributed by atoms with Crippen LogP contribution in [0.5, 0.6) is 0 Å². The number of rotatable bonds is 6. The number of hydrogen-bond donors (Lipinski definition) is 2. The van der Waals surface area contributed by atoms with Gasteiger partial charge in [0.1, 0.15) is 17.6 Å². The fourth-order valence-corrected chi connectivity index (χ4v) is 4.91. The van der Waals surface area contributed by atoms with E-state index in [1.54, 1.807) is 29.2 Å². The van der Waals surface area contributed by atoms with E-state index in [4.69, 9.17) is 11.6 Å². The second-order valence-electron chi connectivity index (χ2n) is 8.86. The number of Topliss-reactive ketones (excluding diaryl/α,β-unsaturated/α-hetero) is 1. The number of carboxylic acids is 1. The summed E-state index contributed by atoms with van der Waals surface area (Å²) in [5.74, 6) is -5.27. The van der Waals surface area contributed by atoms with Gasteiger partial charge in [-0.3, -0.25) is 9.59 Å². The van der Waals surface area contributed by atoms with Crippen LogP contribution in [0.2, 0.25) is 5.02 Å². The summed E-state index contributed by atoms with van der Waals surface area (Å²) in [5, 5.41) is 11.7. The van der Waals surface area contributed by atoms with E-state index in [0.29, 0.717) is 16.8 Å². The van der Waals surface area contributed by atoms with Crippen LogP contribution in [0.3, 0.4) is 0 Å². The Morgan fingerprint density at radius 2 is 1.75 bits per heavy atom. The van der Waals surface area contributed by atoms with Crippen LogP contribution in [0.1, 0.15) is 27.9 Å². The summed E-state index contributed by atoms with van der Waals surface area (Å²) >= 11 is 5.89. The zero-order chi connectivity index (χ0) is 25.8. The van der Waals surface area contributed by atoms with Gasteiger partial charge in [0.05, 0.1) is 21.7 Å². The number of ketones is 1. The maximum absolute atomic E-state index is 14.7. The van der Waals surface area contributed by atoms with Crippen molar-refractivity contribution in [2.75, 3.05) is 11.4 Å². The summed E-state index contributed by atoms with van der Waals surface area (Å²) in [6, 6.07) is 11.1. The van der Waals surface area contributed by atoms with Gasteiger partial charge in [0.2, 0.25) is 0 Å². The lowest BCUT2D eigenvalue weighted by Gasteiger charge is -2.21. The molecule has 10 heteroatoms. The van der Waals surface area contributed by atoms with E-state index in [9.17, 15) is 32.7 Å². The Balaban J connectivity index is 1.37. The van der Waals surface area contributed by atoms with Gasteiger partial charge in [-0.2, -0.15) is 0 Å². The van der Waals surface area contributed by atoms with Crippen LogP contribution in [-0.4, -0.2) is 35.4 Å². The third-order valence-corrected chi connectivity index (χ3v) is 6.95. The molecule has 2 N–H and O–H groups in total. The van der Waals surface area contributed by atoms with E-state index >= 15 is 0 Å². The predicted octanol–water partition coefficient (Wildman–Crippen LogP) is 4.55. The monoisotopic (exact) mass is 514 g/mol. The number of nitrogens with one attached hydrogen (secondary N) is 1. The molecule has 1 heterocycles. The summed E-state index contributed by atoms with van der Waals surface area (Å²) in [5.41, 5.74) is 0.195. The third-order valence-electron chi connectivity index (χ3n) is 6.63. The first-order chi connectivity index (χ1) is 17.1. The number of amides is 1. The average molecular weight is 515 g/mol. The highest BCUT2D eigenvalue weighted by molar-refractivity contribution is 6.33. The van der Waals surface area contributed by atoms with Crippen molar-refractivity contribution in [3.05, 3.63) is 93.8 Å². The Bertz CT molecular complexity index is 1410. The highest BCUT2D eigenvalue weighted by Gasteiger charge is 2.61. The van der Waals surface area contributed by atoms with E-state index in [1.165, 1.54) is 18.2 Å². The van der Waals surface area contributed by atoms with Crippen molar-refractivity contribution >= 4 is 40.6 Å². The quantitative estimate of drug-likeness (QED) is 0.504. The van der Waals surface area contributed by atoms with E-state index in [0.717, 1.165) is 12.1 Å². The number of carbonyl (C=O) groups excluding carboxylic acids is 2. The van der Waals surface area contributed by atoms with Crippen molar-refractivity contribution < 1.29 is 32.7 Å². The van der Waals surface area contributed by atoms with E-state index in [2.05, 4.69) is 5.32 Å². The molecule has 0 bridgehead atoms. The molecule has 3 aromatic rings. The van der Waals surface area contributed by atoms with Crippen LogP contribution in [0, 0.1) is 17.5 Å². The van der Waals surface area contributed by atoms with Gasteiger partial charge in [-0.05, 0) is 41.5 Å². The van der Waals surface area contributed by atoms with Crippen LogP contribution >= 0.6 is 11.6 Å². The van der Waals surface area contributed by atoms with Crippen LogP contribution in [0.15, 0.2) is 54.6 Å². The number of nitrogens with zero attached hydrogens (tertiary/aromatic N) is 1. The van der Waals surface area contributed by atoms with Gasteiger partial charge in [-0.25, -0.2) is 18.0 Å². The second-order valence-corrected chi connectivity index (χ2v) is 9.26. The number of hydrogen-bond acceptors (Lipinski definition) is 4. The van der Waals surface area contributed by atoms with E-state index < -0.39 is 46.3 Å². The third kappa shape index (κ3) is 3.89. The summed E-state index contributed by atoms with van der Waals surface area (Å²) < 4.78 is 42.8. The highest BCUT2D eigenvalue weighted by Crippen LogP contribution is 2.56. The molecule has 1 aliphatic carbocycles. The average Bonchev–Trinajstić information content (AvgIpc) is 3.35. The molecule has 0 aromatic heterocycles. The van der Waals surface area contributed by atoms with Crippen LogP contribution < -0.4 is 10.2 Å². The molecule has 1 unspecified atom stereocenters. The lowest BCUT2D eigenvalue weighted by Crippen LogP contribution is -2.42. The maximum Gasteiger partial charge on any atom is 0.326 e. The topological polar surface area (TPSA) is 86.7 Å². The molecule has 0 radical (unpaired) electrons. The Morgan fingerprint density at radius 3 is 2.36 bits per heavy atom. The van der Waals surface area contributed by atoms with Gasteiger partial charge in [0.15, 0.2) is 11.6 Å². The minimum absolute atomic E-state index is 0.0195. The molecule has 3 aromatic carbocycles. The molecule has 6 nitrogen and oxygen atoms in total. The van der Waals surface area contributed by atoms with Gasteiger partial charge in [0, 0.05) is 25.1 Å². The smallest absolute Gasteiger partial charge is 0.326 e. The summed E-state index contributed by atoms with van der Waals surface area (Å²) in [6.45, 7) is 0.179. The first-order valence-electron chi connectivity index (χ1n) is 11.0.